The monoisotopic (exact) mass is 287 g/mol. The van der Waals surface area contributed by atoms with Crippen LogP contribution in [0.25, 0.3) is 0 Å². The molecule has 1 amide bonds. The van der Waals surface area contributed by atoms with Crippen LogP contribution in [0.1, 0.15) is 36.0 Å². The first-order valence-corrected chi connectivity index (χ1v) is 7.20. The topological polar surface area (TPSA) is 62.5 Å². The van der Waals surface area contributed by atoms with Crippen molar-refractivity contribution >= 4 is 5.91 Å². The molecule has 1 aromatic carbocycles. The van der Waals surface area contributed by atoms with Gasteiger partial charge < -0.3 is 14.8 Å². The first kappa shape index (κ1) is 15.3. The SMILES string of the molecule is Cc1ccc(C(O)CNC(=O)CCCc2ccccc2)o1. The molecule has 21 heavy (non-hydrogen) atoms. The van der Waals surface area contributed by atoms with E-state index in [2.05, 4.69) is 17.4 Å². The highest BCUT2D eigenvalue weighted by Gasteiger charge is 2.12. The smallest absolute Gasteiger partial charge is 0.220 e. The second-order valence-electron chi connectivity index (χ2n) is 5.11. The van der Waals surface area contributed by atoms with Crippen LogP contribution in [0.3, 0.4) is 0 Å². The molecule has 1 unspecified atom stereocenters. The molecule has 4 nitrogen and oxygen atoms in total. The maximum atomic E-state index is 11.7. The lowest BCUT2D eigenvalue weighted by Crippen LogP contribution is -2.28. The van der Waals surface area contributed by atoms with E-state index in [-0.39, 0.29) is 12.5 Å². The number of rotatable bonds is 7. The predicted octanol–water partition coefficient (Wildman–Crippen LogP) is 2.76. The summed E-state index contributed by atoms with van der Waals surface area (Å²) in [5, 5.41) is 12.6. The number of hydrogen-bond donors (Lipinski definition) is 2. The molecule has 1 atom stereocenters. The molecule has 1 heterocycles. The number of aliphatic hydroxyl groups excluding tert-OH is 1. The first-order chi connectivity index (χ1) is 10.1. The number of aryl methyl sites for hydroxylation is 2. The molecule has 2 aromatic rings. The second kappa shape index (κ2) is 7.64. The lowest BCUT2D eigenvalue weighted by atomic mass is 10.1. The van der Waals surface area contributed by atoms with Crippen LogP contribution >= 0.6 is 0 Å². The van der Waals surface area contributed by atoms with Crippen molar-refractivity contribution in [3.05, 3.63) is 59.5 Å². The zero-order chi connectivity index (χ0) is 15.1. The Morgan fingerprint density at radius 1 is 1.24 bits per heavy atom. The Morgan fingerprint density at radius 2 is 2.00 bits per heavy atom. The molecule has 0 aliphatic rings. The Labute approximate surface area is 124 Å². The van der Waals surface area contributed by atoms with Gasteiger partial charge in [-0.15, -0.1) is 0 Å². The van der Waals surface area contributed by atoms with E-state index in [1.165, 1.54) is 5.56 Å². The molecule has 0 spiro atoms. The molecule has 2 N–H and O–H groups in total. The summed E-state index contributed by atoms with van der Waals surface area (Å²) >= 11 is 0. The summed E-state index contributed by atoms with van der Waals surface area (Å²) in [4.78, 5) is 11.7. The molecule has 2 rings (SSSR count). The third-order valence-corrected chi connectivity index (χ3v) is 3.29. The van der Waals surface area contributed by atoms with Crippen LogP contribution in [-0.4, -0.2) is 17.6 Å². The third-order valence-electron chi connectivity index (χ3n) is 3.29. The maximum absolute atomic E-state index is 11.7. The number of furan rings is 1. The van der Waals surface area contributed by atoms with Crippen LogP contribution in [0.5, 0.6) is 0 Å². The van der Waals surface area contributed by atoms with E-state index >= 15 is 0 Å². The van der Waals surface area contributed by atoms with Gasteiger partial charge >= 0.3 is 0 Å². The molecule has 0 saturated heterocycles. The van der Waals surface area contributed by atoms with E-state index < -0.39 is 6.10 Å². The second-order valence-corrected chi connectivity index (χ2v) is 5.11. The zero-order valence-corrected chi connectivity index (χ0v) is 12.2. The number of benzene rings is 1. The first-order valence-electron chi connectivity index (χ1n) is 7.20. The quantitative estimate of drug-likeness (QED) is 0.823. The summed E-state index contributed by atoms with van der Waals surface area (Å²) in [6.07, 6.45) is 1.34. The normalized spacial score (nSPS) is 12.1. The lowest BCUT2D eigenvalue weighted by Gasteiger charge is -2.09. The maximum Gasteiger partial charge on any atom is 0.220 e. The van der Waals surface area contributed by atoms with Crippen molar-refractivity contribution in [2.45, 2.75) is 32.3 Å². The Bertz CT molecular complexity index is 562. The van der Waals surface area contributed by atoms with Crippen molar-refractivity contribution in [1.82, 2.24) is 5.32 Å². The number of carbonyl (C=O) groups excluding carboxylic acids is 1. The van der Waals surface area contributed by atoms with Gasteiger partial charge in [-0.05, 0) is 37.5 Å². The van der Waals surface area contributed by atoms with Crippen molar-refractivity contribution in [2.24, 2.45) is 0 Å². The molecule has 112 valence electrons. The average Bonchev–Trinajstić information content (AvgIpc) is 2.92. The molecule has 0 bridgehead atoms. The summed E-state index contributed by atoms with van der Waals surface area (Å²) in [7, 11) is 0. The highest BCUT2D eigenvalue weighted by Crippen LogP contribution is 2.15. The Balaban J connectivity index is 1.65. The van der Waals surface area contributed by atoms with Crippen molar-refractivity contribution in [1.29, 1.82) is 0 Å². The van der Waals surface area contributed by atoms with Gasteiger partial charge in [-0.25, -0.2) is 0 Å². The Hall–Kier alpha value is -2.07. The Kier molecular flexibility index (Phi) is 5.58. The van der Waals surface area contributed by atoms with Gasteiger partial charge in [-0.2, -0.15) is 0 Å². The van der Waals surface area contributed by atoms with Gasteiger partial charge in [0.25, 0.3) is 0 Å². The standard InChI is InChI=1S/C17H21NO3/c1-13-10-11-16(21-13)15(19)12-18-17(20)9-5-8-14-6-3-2-4-7-14/h2-4,6-7,10-11,15,19H,5,8-9,12H2,1H3,(H,18,20). The van der Waals surface area contributed by atoms with E-state index in [1.807, 2.05) is 25.1 Å². The van der Waals surface area contributed by atoms with Crippen molar-refractivity contribution < 1.29 is 14.3 Å². The fraction of sp³-hybridized carbons (Fsp3) is 0.353. The average molecular weight is 287 g/mol. The number of hydrogen-bond acceptors (Lipinski definition) is 3. The molecule has 0 aliphatic heterocycles. The predicted molar refractivity (Wildman–Crippen MR) is 80.8 cm³/mol. The van der Waals surface area contributed by atoms with Gasteiger partial charge in [-0.3, -0.25) is 4.79 Å². The van der Waals surface area contributed by atoms with E-state index in [0.717, 1.165) is 18.6 Å². The van der Waals surface area contributed by atoms with Gasteiger partial charge in [0.05, 0.1) is 6.54 Å². The number of nitrogens with one attached hydrogen (secondary N) is 1. The summed E-state index contributed by atoms with van der Waals surface area (Å²) < 4.78 is 5.32. The van der Waals surface area contributed by atoms with Gasteiger partial charge in [-0.1, -0.05) is 30.3 Å². The molecule has 4 heteroatoms. The van der Waals surface area contributed by atoms with E-state index in [1.54, 1.807) is 12.1 Å². The van der Waals surface area contributed by atoms with Gasteiger partial charge in [0.15, 0.2) is 0 Å². The van der Waals surface area contributed by atoms with Crippen LogP contribution < -0.4 is 5.32 Å². The molecular weight excluding hydrogens is 266 g/mol. The minimum atomic E-state index is -0.795. The van der Waals surface area contributed by atoms with Crippen molar-refractivity contribution in [2.75, 3.05) is 6.54 Å². The van der Waals surface area contributed by atoms with Crippen molar-refractivity contribution in [3.63, 3.8) is 0 Å². The van der Waals surface area contributed by atoms with Crippen molar-refractivity contribution in [3.8, 4) is 0 Å². The molecule has 0 fully saturated rings. The van der Waals surface area contributed by atoms with E-state index in [0.29, 0.717) is 12.2 Å². The fourth-order valence-corrected chi connectivity index (χ4v) is 2.13. The highest BCUT2D eigenvalue weighted by atomic mass is 16.4. The highest BCUT2D eigenvalue weighted by molar-refractivity contribution is 5.75. The summed E-state index contributed by atoms with van der Waals surface area (Å²) in [5.41, 5.74) is 1.23. The lowest BCUT2D eigenvalue weighted by molar-refractivity contribution is -0.121. The molecule has 0 saturated carbocycles. The number of carbonyl (C=O) groups is 1. The largest absolute Gasteiger partial charge is 0.464 e. The summed E-state index contributed by atoms with van der Waals surface area (Å²) in [6.45, 7) is 2.00. The minimum Gasteiger partial charge on any atom is -0.464 e. The molecular formula is C17H21NO3. The molecule has 0 aliphatic carbocycles. The number of amides is 1. The zero-order valence-electron chi connectivity index (χ0n) is 12.2. The summed E-state index contributed by atoms with van der Waals surface area (Å²) in [5.74, 6) is 1.18. The van der Waals surface area contributed by atoms with Crippen LogP contribution in [0.15, 0.2) is 46.9 Å². The van der Waals surface area contributed by atoms with Crippen LogP contribution in [0.4, 0.5) is 0 Å². The van der Waals surface area contributed by atoms with Gasteiger partial charge in [0, 0.05) is 6.42 Å². The van der Waals surface area contributed by atoms with E-state index in [9.17, 15) is 9.90 Å². The van der Waals surface area contributed by atoms with Gasteiger partial charge in [0.2, 0.25) is 5.91 Å². The third kappa shape index (κ3) is 5.08. The Morgan fingerprint density at radius 3 is 2.67 bits per heavy atom. The van der Waals surface area contributed by atoms with Gasteiger partial charge in [0.1, 0.15) is 17.6 Å². The number of aliphatic hydroxyl groups is 1. The van der Waals surface area contributed by atoms with Crippen LogP contribution in [0.2, 0.25) is 0 Å². The summed E-state index contributed by atoms with van der Waals surface area (Å²) in [6, 6.07) is 13.6. The fourth-order valence-electron chi connectivity index (χ4n) is 2.13. The molecule has 1 aromatic heterocycles. The minimum absolute atomic E-state index is 0.0479. The van der Waals surface area contributed by atoms with Crippen LogP contribution in [-0.2, 0) is 11.2 Å². The molecule has 0 radical (unpaired) electrons. The van der Waals surface area contributed by atoms with E-state index in [4.69, 9.17) is 4.42 Å². The van der Waals surface area contributed by atoms with Crippen LogP contribution in [0, 0.1) is 6.92 Å².